The summed E-state index contributed by atoms with van der Waals surface area (Å²) in [6, 6.07) is 19.7. The van der Waals surface area contributed by atoms with E-state index in [1.165, 1.54) is 0 Å². The van der Waals surface area contributed by atoms with Crippen LogP contribution in [0.3, 0.4) is 0 Å². The lowest BCUT2D eigenvalue weighted by Crippen LogP contribution is -2.41. The Kier molecular flexibility index (Phi) is 6.23. The van der Waals surface area contributed by atoms with Crippen LogP contribution in [0.5, 0.6) is 0 Å². The van der Waals surface area contributed by atoms with Gasteiger partial charge in [-0.25, -0.2) is 4.68 Å². The molecule has 1 aliphatic heterocycles. The van der Waals surface area contributed by atoms with E-state index in [9.17, 15) is 9.59 Å². The van der Waals surface area contributed by atoms with E-state index < -0.39 is 0 Å². The zero-order chi connectivity index (χ0) is 24.4. The Morgan fingerprint density at radius 3 is 2.37 bits per heavy atom. The van der Waals surface area contributed by atoms with E-state index >= 15 is 0 Å². The van der Waals surface area contributed by atoms with E-state index in [2.05, 4.69) is 10.4 Å². The maximum absolute atomic E-state index is 13.6. The van der Waals surface area contributed by atoms with Gasteiger partial charge in [0.1, 0.15) is 5.56 Å². The Hall–Kier alpha value is -4.13. The first-order chi connectivity index (χ1) is 17.0. The summed E-state index contributed by atoms with van der Waals surface area (Å²) >= 11 is 0. The predicted octanol–water partition coefficient (Wildman–Crippen LogP) is 4.77. The van der Waals surface area contributed by atoms with Crippen LogP contribution in [0.4, 0.5) is 5.69 Å². The number of para-hydroxylation sites is 1. The normalized spacial score (nSPS) is 14.2. The van der Waals surface area contributed by atoms with Crippen LogP contribution < -0.4 is 5.32 Å². The number of piperidine rings is 1. The molecule has 2 aromatic carbocycles. The number of nitrogens with zero attached hydrogens (tertiary/aromatic N) is 4. The van der Waals surface area contributed by atoms with Gasteiger partial charge in [0.05, 0.1) is 11.9 Å². The van der Waals surface area contributed by atoms with Crippen molar-refractivity contribution in [1.82, 2.24) is 19.2 Å². The lowest BCUT2D eigenvalue weighted by atomic mass is 9.95. The smallest absolute Gasteiger partial charge is 0.259 e. The molecule has 1 saturated heterocycles. The number of aromatic nitrogens is 3. The van der Waals surface area contributed by atoms with Crippen molar-refractivity contribution < 1.29 is 9.59 Å². The van der Waals surface area contributed by atoms with Crippen LogP contribution in [-0.4, -0.2) is 44.2 Å². The van der Waals surface area contributed by atoms with E-state index in [1.54, 1.807) is 10.9 Å². The summed E-state index contributed by atoms with van der Waals surface area (Å²) in [5.41, 5.74) is 4.45. The fourth-order valence-electron chi connectivity index (χ4n) is 4.60. The molecule has 5 rings (SSSR count). The van der Waals surface area contributed by atoms with Gasteiger partial charge in [0.15, 0.2) is 5.82 Å². The van der Waals surface area contributed by atoms with Crippen LogP contribution >= 0.6 is 0 Å². The number of likely N-dealkylation sites (tertiary alicyclic amines) is 1. The lowest BCUT2D eigenvalue weighted by Gasteiger charge is -2.31. The van der Waals surface area contributed by atoms with Gasteiger partial charge in [-0.2, -0.15) is 5.10 Å². The molecule has 3 heterocycles. The Labute approximate surface area is 205 Å². The van der Waals surface area contributed by atoms with Crippen molar-refractivity contribution in [2.45, 2.75) is 26.7 Å². The van der Waals surface area contributed by atoms with Gasteiger partial charge in [-0.1, -0.05) is 30.3 Å². The highest BCUT2D eigenvalue weighted by Gasteiger charge is 2.30. The van der Waals surface area contributed by atoms with E-state index in [4.69, 9.17) is 0 Å². The number of hydrogen-bond donors (Lipinski definition) is 1. The molecular weight excluding hydrogens is 438 g/mol. The van der Waals surface area contributed by atoms with Crippen LogP contribution in [0.1, 0.15) is 34.3 Å². The van der Waals surface area contributed by atoms with Gasteiger partial charge < -0.3 is 14.8 Å². The second-order valence-electron chi connectivity index (χ2n) is 9.09. The fourth-order valence-corrected chi connectivity index (χ4v) is 4.60. The molecule has 1 fully saturated rings. The standard InChI is InChI=1S/C28H29N5O2/c1-20-10-11-21(2)25(18-20)30-26(34)22-12-16-32(17-13-22)28(35)24-19-29-33(23-8-4-3-5-9-23)27(24)31-14-6-7-15-31/h3-11,14-15,18-19,22H,12-13,16-17H2,1-2H3,(H,30,34). The van der Waals surface area contributed by atoms with Crippen molar-refractivity contribution in [3.05, 3.63) is 95.9 Å². The first kappa shape index (κ1) is 22.7. The van der Waals surface area contributed by atoms with Crippen molar-refractivity contribution in [1.29, 1.82) is 0 Å². The first-order valence-electron chi connectivity index (χ1n) is 12.0. The summed E-state index contributed by atoms with van der Waals surface area (Å²) in [7, 11) is 0. The molecule has 7 heteroatoms. The topological polar surface area (TPSA) is 72.2 Å². The molecular formula is C28H29N5O2. The number of benzene rings is 2. The number of carbonyl (C=O) groups excluding carboxylic acids is 2. The van der Waals surface area contributed by atoms with Crippen molar-refractivity contribution >= 4 is 17.5 Å². The molecule has 178 valence electrons. The lowest BCUT2D eigenvalue weighted by molar-refractivity contribution is -0.121. The molecule has 1 aliphatic rings. The van der Waals surface area contributed by atoms with Crippen molar-refractivity contribution in [2.75, 3.05) is 18.4 Å². The van der Waals surface area contributed by atoms with Gasteiger partial charge in [0.25, 0.3) is 5.91 Å². The third-order valence-electron chi connectivity index (χ3n) is 6.63. The van der Waals surface area contributed by atoms with Crippen LogP contribution in [0, 0.1) is 19.8 Å². The summed E-state index contributed by atoms with van der Waals surface area (Å²) < 4.78 is 3.70. The predicted molar refractivity (Wildman–Crippen MR) is 136 cm³/mol. The second-order valence-corrected chi connectivity index (χ2v) is 9.09. The minimum absolute atomic E-state index is 0.0238. The molecule has 0 spiro atoms. The maximum atomic E-state index is 13.6. The summed E-state index contributed by atoms with van der Waals surface area (Å²) in [5.74, 6) is 0.552. The molecule has 1 N–H and O–H groups in total. The van der Waals surface area contributed by atoms with E-state index in [1.807, 2.05) is 96.4 Å². The van der Waals surface area contributed by atoms with Crippen LogP contribution in [0.2, 0.25) is 0 Å². The summed E-state index contributed by atoms with van der Waals surface area (Å²) in [4.78, 5) is 28.3. The highest BCUT2D eigenvalue weighted by molar-refractivity contribution is 5.98. The monoisotopic (exact) mass is 467 g/mol. The fraction of sp³-hybridized carbons (Fsp3) is 0.250. The maximum Gasteiger partial charge on any atom is 0.259 e. The van der Waals surface area contributed by atoms with Gasteiger partial charge in [-0.3, -0.25) is 9.59 Å². The van der Waals surface area contributed by atoms with E-state index in [-0.39, 0.29) is 17.7 Å². The van der Waals surface area contributed by atoms with Crippen LogP contribution in [-0.2, 0) is 4.79 Å². The number of amides is 2. The highest BCUT2D eigenvalue weighted by atomic mass is 16.2. The number of anilines is 1. The Bertz CT molecular complexity index is 1330. The quantitative estimate of drug-likeness (QED) is 0.460. The minimum Gasteiger partial charge on any atom is -0.338 e. The number of aryl methyl sites for hydroxylation is 2. The van der Waals surface area contributed by atoms with Crippen molar-refractivity contribution in [2.24, 2.45) is 5.92 Å². The highest BCUT2D eigenvalue weighted by Crippen LogP contribution is 2.26. The second kappa shape index (κ2) is 9.62. The minimum atomic E-state index is -0.116. The molecule has 0 aliphatic carbocycles. The third-order valence-corrected chi connectivity index (χ3v) is 6.63. The molecule has 7 nitrogen and oxygen atoms in total. The average Bonchev–Trinajstić information content (AvgIpc) is 3.56. The number of rotatable bonds is 5. The van der Waals surface area contributed by atoms with E-state index in [0.717, 1.165) is 22.5 Å². The van der Waals surface area contributed by atoms with Gasteiger partial charge in [-0.05, 0) is 68.1 Å². The molecule has 2 aromatic heterocycles. The molecule has 0 unspecified atom stereocenters. The van der Waals surface area contributed by atoms with Crippen molar-refractivity contribution in [3.8, 4) is 11.5 Å². The third kappa shape index (κ3) is 4.62. The molecule has 0 bridgehead atoms. The molecule has 35 heavy (non-hydrogen) atoms. The number of hydrogen-bond acceptors (Lipinski definition) is 3. The Morgan fingerprint density at radius 1 is 0.943 bits per heavy atom. The van der Waals surface area contributed by atoms with Crippen LogP contribution in [0.25, 0.3) is 11.5 Å². The molecule has 0 saturated carbocycles. The largest absolute Gasteiger partial charge is 0.338 e. The molecule has 0 atom stereocenters. The molecule has 2 amide bonds. The average molecular weight is 468 g/mol. The molecule has 4 aromatic rings. The summed E-state index contributed by atoms with van der Waals surface area (Å²) in [5, 5.41) is 7.63. The van der Waals surface area contributed by atoms with Crippen molar-refractivity contribution in [3.63, 3.8) is 0 Å². The summed E-state index contributed by atoms with van der Waals surface area (Å²) in [6.45, 7) is 5.08. The Balaban J connectivity index is 1.31. The number of carbonyl (C=O) groups is 2. The number of nitrogens with one attached hydrogen (secondary N) is 1. The van der Waals surface area contributed by atoms with Gasteiger partial charge in [-0.15, -0.1) is 0 Å². The van der Waals surface area contributed by atoms with E-state index in [0.29, 0.717) is 37.3 Å². The molecule has 0 radical (unpaired) electrons. The zero-order valence-electron chi connectivity index (χ0n) is 20.0. The zero-order valence-corrected chi connectivity index (χ0v) is 20.0. The summed E-state index contributed by atoms with van der Waals surface area (Å²) in [6.07, 6.45) is 6.74. The van der Waals surface area contributed by atoms with Crippen LogP contribution in [0.15, 0.2) is 79.3 Å². The first-order valence-corrected chi connectivity index (χ1v) is 12.0. The van der Waals surface area contributed by atoms with Gasteiger partial charge >= 0.3 is 0 Å². The Morgan fingerprint density at radius 2 is 1.66 bits per heavy atom. The van der Waals surface area contributed by atoms with Gasteiger partial charge in [0.2, 0.25) is 5.91 Å². The van der Waals surface area contributed by atoms with Gasteiger partial charge in [0, 0.05) is 37.1 Å². The SMILES string of the molecule is Cc1ccc(C)c(NC(=O)C2CCN(C(=O)c3cnn(-c4ccccc4)c3-n3cccc3)CC2)c1.